The standard InChI is InChI=1S/C14H17BrFNO4/c1-3-4-20-14-9(15)6-13(14)21-12-5-8(2)11(17(18)19)7-10(12)16/h5,7,9,13-14H,3-4,6H2,1-2H3. The van der Waals surface area contributed by atoms with Crippen molar-refractivity contribution in [1.82, 2.24) is 0 Å². The van der Waals surface area contributed by atoms with E-state index in [-0.39, 0.29) is 28.5 Å². The van der Waals surface area contributed by atoms with Crippen LogP contribution in [0.25, 0.3) is 0 Å². The van der Waals surface area contributed by atoms with Crippen LogP contribution in [0.1, 0.15) is 25.3 Å². The van der Waals surface area contributed by atoms with Crippen molar-refractivity contribution in [2.24, 2.45) is 0 Å². The summed E-state index contributed by atoms with van der Waals surface area (Å²) in [4.78, 5) is 10.3. The Morgan fingerprint density at radius 3 is 2.81 bits per heavy atom. The molecule has 2 rings (SSSR count). The topological polar surface area (TPSA) is 61.6 Å². The second kappa shape index (κ2) is 6.70. The first kappa shape index (κ1) is 16.2. The quantitative estimate of drug-likeness (QED) is 0.439. The van der Waals surface area contributed by atoms with Gasteiger partial charge in [0.15, 0.2) is 11.6 Å². The molecule has 5 nitrogen and oxygen atoms in total. The van der Waals surface area contributed by atoms with Crippen molar-refractivity contribution < 1.29 is 18.8 Å². The fourth-order valence-electron chi connectivity index (χ4n) is 2.20. The maximum absolute atomic E-state index is 13.9. The van der Waals surface area contributed by atoms with Crippen molar-refractivity contribution in [2.45, 2.75) is 43.7 Å². The molecule has 3 atom stereocenters. The van der Waals surface area contributed by atoms with Crippen molar-refractivity contribution in [3.63, 3.8) is 0 Å². The Kier molecular flexibility index (Phi) is 5.16. The van der Waals surface area contributed by atoms with Gasteiger partial charge in [0.1, 0.15) is 12.2 Å². The SMILES string of the molecule is CCCOC1C(Br)CC1Oc1cc(C)c([N+](=O)[O-])cc1F. The molecule has 0 amide bonds. The van der Waals surface area contributed by atoms with E-state index in [1.807, 2.05) is 6.92 Å². The van der Waals surface area contributed by atoms with E-state index in [1.54, 1.807) is 6.92 Å². The molecule has 1 aliphatic rings. The van der Waals surface area contributed by atoms with Crippen LogP contribution in [0.4, 0.5) is 10.1 Å². The summed E-state index contributed by atoms with van der Waals surface area (Å²) in [7, 11) is 0. The van der Waals surface area contributed by atoms with Crippen LogP contribution in [0, 0.1) is 22.9 Å². The van der Waals surface area contributed by atoms with E-state index >= 15 is 0 Å². The molecule has 1 aromatic rings. The van der Waals surface area contributed by atoms with Gasteiger partial charge in [-0.1, -0.05) is 22.9 Å². The summed E-state index contributed by atoms with van der Waals surface area (Å²) in [5.74, 6) is -0.688. The zero-order chi connectivity index (χ0) is 15.6. The Balaban J connectivity index is 2.09. The van der Waals surface area contributed by atoms with Gasteiger partial charge >= 0.3 is 0 Å². The minimum absolute atomic E-state index is 0.0348. The lowest BCUT2D eigenvalue weighted by Crippen LogP contribution is -2.52. The number of aryl methyl sites for hydroxylation is 1. The monoisotopic (exact) mass is 361 g/mol. The number of hydrogen-bond donors (Lipinski definition) is 0. The first-order chi connectivity index (χ1) is 9.93. The van der Waals surface area contributed by atoms with Gasteiger partial charge in [-0.2, -0.15) is 0 Å². The Bertz CT molecular complexity index is 540. The Morgan fingerprint density at radius 1 is 1.52 bits per heavy atom. The Labute approximate surface area is 130 Å². The predicted octanol–water partition coefficient (Wildman–Crippen LogP) is 3.75. The number of hydrogen-bond acceptors (Lipinski definition) is 4. The lowest BCUT2D eigenvalue weighted by molar-refractivity contribution is -0.385. The highest BCUT2D eigenvalue weighted by atomic mass is 79.9. The normalized spacial score (nSPS) is 24.5. The van der Waals surface area contributed by atoms with Crippen LogP contribution in [-0.2, 0) is 4.74 Å². The van der Waals surface area contributed by atoms with Gasteiger partial charge in [0, 0.05) is 23.4 Å². The van der Waals surface area contributed by atoms with Gasteiger partial charge in [-0.15, -0.1) is 0 Å². The second-order valence-electron chi connectivity index (χ2n) is 5.07. The lowest BCUT2D eigenvalue weighted by atomic mass is 9.91. The highest BCUT2D eigenvalue weighted by Crippen LogP contribution is 2.36. The van der Waals surface area contributed by atoms with Gasteiger partial charge in [-0.05, 0) is 19.4 Å². The van der Waals surface area contributed by atoms with Crippen LogP contribution < -0.4 is 4.74 Å². The number of alkyl halides is 1. The van der Waals surface area contributed by atoms with Crippen LogP contribution in [0.2, 0.25) is 0 Å². The molecule has 1 fully saturated rings. The molecule has 116 valence electrons. The third-order valence-electron chi connectivity index (χ3n) is 3.42. The van der Waals surface area contributed by atoms with E-state index in [0.717, 1.165) is 12.5 Å². The third-order valence-corrected chi connectivity index (χ3v) is 4.32. The highest BCUT2D eigenvalue weighted by molar-refractivity contribution is 9.09. The molecule has 0 N–H and O–H groups in total. The molecular formula is C14H17BrFNO4. The van der Waals surface area contributed by atoms with Gasteiger partial charge in [0.2, 0.25) is 0 Å². The first-order valence-corrected chi connectivity index (χ1v) is 7.72. The van der Waals surface area contributed by atoms with Crippen molar-refractivity contribution in [2.75, 3.05) is 6.61 Å². The van der Waals surface area contributed by atoms with E-state index in [1.165, 1.54) is 6.07 Å². The number of ether oxygens (including phenoxy) is 2. The molecular weight excluding hydrogens is 345 g/mol. The molecule has 0 bridgehead atoms. The number of rotatable bonds is 6. The molecule has 1 aliphatic carbocycles. The zero-order valence-corrected chi connectivity index (χ0v) is 13.4. The largest absolute Gasteiger partial charge is 0.485 e. The molecule has 0 heterocycles. The van der Waals surface area contributed by atoms with E-state index in [0.29, 0.717) is 18.6 Å². The summed E-state index contributed by atoms with van der Waals surface area (Å²) in [5, 5.41) is 10.8. The highest BCUT2D eigenvalue weighted by Gasteiger charge is 2.42. The van der Waals surface area contributed by atoms with Gasteiger partial charge < -0.3 is 9.47 Å². The Hall–Kier alpha value is -1.21. The molecule has 0 spiro atoms. The fraction of sp³-hybridized carbons (Fsp3) is 0.571. The fourth-order valence-corrected chi connectivity index (χ4v) is 3.06. The van der Waals surface area contributed by atoms with Crippen LogP contribution in [-0.4, -0.2) is 28.6 Å². The number of nitro groups is 1. The molecule has 0 aliphatic heterocycles. The number of benzene rings is 1. The van der Waals surface area contributed by atoms with Crippen LogP contribution in [0.5, 0.6) is 5.75 Å². The lowest BCUT2D eigenvalue weighted by Gasteiger charge is -2.40. The summed E-state index contributed by atoms with van der Waals surface area (Å²) in [6, 6.07) is 2.27. The molecule has 21 heavy (non-hydrogen) atoms. The number of halogens is 2. The number of nitro benzene ring substituents is 1. The van der Waals surface area contributed by atoms with Crippen molar-refractivity contribution in [1.29, 1.82) is 0 Å². The Morgan fingerprint density at radius 2 is 2.24 bits per heavy atom. The average molecular weight is 362 g/mol. The predicted molar refractivity (Wildman–Crippen MR) is 79.6 cm³/mol. The second-order valence-corrected chi connectivity index (χ2v) is 6.25. The molecule has 0 radical (unpaired) electrons. The van der Waals surface area contributed by atoms with E-state index in [4.69, 9.17) is 9.47 Å². The van der Waals surface area contributed by atoms with Gasteiger partial charge in [-0.25, -0.2) is 4.39 Å². The molecule has 0 saturated heterocycles. The smallest absolute Gasteiger partial charge is 0.275 e. The number of nitrogens with zero attached hydrogens (tertiary/aromatic N) is 1. The van der Waals surface area contributed by atoms with E-state index < -0.39 is 10.7 Å². The average Bonchev–Trinajstić information content (AvgIpc) is 2.41. The summed E-state index contributed by atoms with van der Waals surface area (Å²) in [6.07, 6.45) is 1.24. The van der Waals surface area contributed by atoms with E-state index in [9.17, 15) is 14.5 Å². The summed E-state index contributed by atoms with van der Waals surface area (Å²) >= 11 is 3.49. The van der Waals surface area contributed by atoms with Gasteiger partial charge in [0.05, 0.1) is 11.0 Å². The van der Waals surface area contributed by atoms with Crippen molar-refractivity contribution in [3.8, 4) is 5.75 Å². The third kappa shape index (κ3) is 3.52. The summed E-state index contributed by atoms with van der Waals surface area (Å²) in [6.45, 7) is 4.19. The molecule has 1 saturated carbocycles. The maximum Gasteiger partial charge on any atom is 0.275 e. The minimum atomic E-state index is -0.723. The van der Waals surface area contributed by atoms with Gasteiger partial charge in [-0.3, -0.25) is 10.1 Å². The molecule has 3 unspecified atom stereocenters. The summed E-state index contributed by atoms with van der Waals surface area (Å²) < 4.78 is 25.2. The van der Waals surface area contributed by atoms with Crippen LogP contribution >= 0.6 is 15.9 Å². The van der Waals surface area contributed by atoms with Crippen LogP contribution in [0.15, 0.2) is 12.1 Å². The van der Waals surface area contributed by atoms with Gasteiger partial charge in [0.25, 0.3) is 5.69 Å². The minimum Gasteiger partial charge on any atom is -0.485 e. The summed E-state index contributed by atoms with van der Waals surface area (Å²) in [5.41, 5.74) is 0.128. The molecule has 0 aromatic heterocycles. The maximum atomic E-state index is 13.9. The first-order valence-electron chi connectivity index (χ1n) is 6.81. The molecule has 7 heteroatoms. The van der Waals surface area contributed by atoms with E-state index in [2.05, 4.69) is 15.9 Å². The van der Waals surface area contributed by atoms with Crippen molar-refractivity contribution >= 4 is 21.6 Å². The van der Waals surface area contributed by atoms with Crippen LogP contribution in [0.3, 0.4) is 0 Å². The van der Waals surface area contributed by atoms with Crippen molar-refractivity contribution in [3.05, 3.63) is 33.6 Å². The zero-order valence-electron chi connectivity index (χ0n) is 11.8. The molecule has 1 aromatic carbocycles.